The number of rotatable bonds is 1. The van der Waals surface area contributed by atoms with Crippen molar-refractivity contribution in [3.05, 3.63) is 23.0 Å². The lowest BCUT2D eigenvalue weighted by Gasteiger charge is -2.07. The zero-order valence-electron chi connectivity index (χ0n) is 7.26. The molecular formula is C9H8FNO2. The maximum atomic E-state index is 13.0. The minimum Gasteiger partial charge on any atom is -0.504 e. The van der Waals surface area contributed by atoms with Crippen LogP contribution in [0.15, 0.2) is 6.07 Å². The van der Waals surface area contributed by atoms with E-state index in [0.717, 1.165) is 6.07 Å². The fourth-order valence-corrected chi connectivity index (χ4v) is 1.02. The highest BCUT2D eigenvalue weighted by molar-refractivity contribution is 5.53. The summed E-state index contributed by atoms with van der Waals surface area (Å²) in [5.41, 5.74) is 0.427. The average molecular weight is 181 g/mol. The highest BCUT2D eigenvalue weighted by atomic mass is 19.1. The second-order valence-electron chi connectivity index (χ2n) is 2.52. The van der Waals surface area contributed by atoms with Gasteiger partial charge in [-0.15, -0.1) is 0 Å². The smallest absolute Gasteiger partial charge is 0.196 e. The summed E-state index contributed by atoms with van der Waals surface area (Å²) in [5, 5.41) is 17.9. The number of phenolic OH excluding ortho intramolecular Hbond substituents is 1. The van der Waals surface area contributed by atoms with Crippen LogP contribution in [0.2, 0.25) is 0 Å². The van der Waals surface area contributed by atoms with Gasteiger partial charge in [-0.05, 0) is 13.0 Å². The SMILES string of the molecule is COc1c(F)cc(C#N)c(C)c1O. The molecule has 1 aromatic carbocycles. The van der Waals surface area contributed by atoms with Crippen LogP contribution < -0.4 is 4.74 Å². The zero-order chi connectivity index (χ0) is 10.0. The predicted molar refractivity (Wildman–Crippen MR) is 44.1 cm³/mol. The number of phenols is 1. The van der Waals surface area contributed by atoms with E-state index in [-0.39, 0.29) is 17.1 Å². The molecule has 0 spiro atoms. The van der Waals surface area contributed by atoms with E-state index in [4.69, 9.17) is 5.26 Å². The van der Waals surface area contributed by atoms with Crippen molar-refractivity contribution < 1.29 is 14.2 Å². The molecule has 0 heterocycles. The number of nitrogens with zero attached hydrogens (tertiary/aromatic N) is 1. The highest BCUT2D eigenvalue weighted by Gasteiger charge is 2.14. The van der Waals surface area contributed by atoms with Crippen molar-refractivity contribution in [2.24, 2.45) is 0 Å². The third kappa shape index (κ3) is 1.41. The van der Waals surface area contributed by atoms with Gasteiger partial charge in [0, 0.05) is 5.56 Å². The van der Waals surface area contributed by atoms with Crippen molar-refractivity contribution in [3.63, 3.8) is 0 Å². The molecule has 0 saturated carbocycles. The highest BCUT2D eigenvalue weighted by Crippen LogP contribution is 2.34. The van der Waals surface area contributed by atoms with Crippen molar-refractivity contribution in [2.75, 3.05) is 7.11 Å². The maximum absolute atomic E-state index is 13.0. The van der Waals surface area contributed by atoms with Crippen LogP contribution in [-0.2, 0) is 0 Å². The summed E-state index contributed by atoms with van der Waals surface area (Å²) in [7, 11) is 1.25. The van der Waals surface area contributed by atoms with Gasteiger partial charge in [-0.2, -0.15) is 5.26 Å². The third-order valence-corrected chi connectivity index (χ3v) is 1.79. The number of aromatic hydroxyl groups is 1. The second kappa shape index (κ2) is 3.31. The molecule has 1 N–H and O–H groups in total. The standard InChI is InChI=1S/C9H8FNO2/c1-5-6(4-11)3-7(10)9(13-2)8(5)12/h3,12H,1-2H3. The Kier molecular flexibility index (Phi) is 2.38. The largest absolute Gasteiger partial charge is 0.504 e. The molecule has 1 rings (SSSR count). The van der Waals surface area contributed by atoms with Gasteiger partial charge < -0.3 is 9.84 Å². The zero-order valence-corrected chi connectivity index (χ0v) is 7.26. The van der Waals surface area contributed by atoms with Gasteiger partial charge in [0.05, 0.1) is 18.7 Å². The van der Waals surface area contributed by atoms with Crippen LogP contribution in [0.1, 0.15) is 11.1 Å². The molecule has 0 aliphatic rings. The molecule has 0 fully saturated rings. The lowest BCUT2D eigenvalue weighted by Crippen LogP contribution is -1.93. The van der Waals surface area contributed by atoms with Gasteiger partial charge in [0.2, 0.25) is 0 Å². The van der Waals surface area contributed by atoms with Crippen molar-refractivity contribution in [2.45, 2.75) is 6.92 Å². The van der Waals surface area contributed by atoms with E-state index in [9.17, 15) is 9.50 Å². The number of halogens is 1. The summed E-state index contributed by atoms with van der Waals surface area (Å²) in [4.78, 5) is 0. The van der Waals surface area contributed by atoms with Crippen LogP contribution in [0.25, 0.3) is 0 Å². The Morgan fingerprint density at radius 2 is 2.23 bits per heavy atom. The molecule has 0 amide bonds. The van der Waals surface area contributed by atoms with Gasteiger partial charge >= 0.3 is 0 Å². The summed E-state index contributed by atoms with van der Waals surface area (Å²) in [6.45, 7) is 1.52. The number of hydrogen-bond donors (Lipinski definition) is 1. The number of methoxy groups -OCH3 is 1. The van der Waals surface area contributed by atoms with E-state index in [2.05, 4.69) is 4.74 Å². The summed E-state index contributed by atoms with van der Waals surface area (Å²) < 4.78 is 17.7. The van der Waals surface area contributed by atoms with E-state index in [1.165, 1.54) is 14.0 Å². The van der Waals surface area contributed by atoms with Crippen molar-refractivity contribution in [1.29, 1.82) is 5.26 Å². The number of hydrogen-bond acceptors (Lipinski definition) is 3. The monoisotopic (exact) mass is 181 g/mol. The fraction of sp³-hybridized carbons (Fsp3) is 0.222. The Labute approximate surface area is 75.0 Å². The van der Waals surface area contributed by atoms with Crippen LogP contribution in [0.4, 0.5) is 4.39 Å². The number of benzene rings is 1. The van der Waals surface area contributed by atoms with Crippen LogP contribution in [0.3, 0.4) is 0 Å². The lowest BCUT2D eigenvalue weighted by atomic mass is 10.1. The third-order valence-electron chi connectivity index (χ3n) is 1.79. The second-order valence-corrected chi connectivity index (χ2v) is 2.52. The Morgan fingerprint density at radius 1 is 1.62 bits per heavy atom. The molecule has 0 unspecified atom stereocenters. The number of nitriles is 1. The van der Waals surface area contributed by atoms with Crippen molar-refractivity contribution in [1.82, 2.24) is 0 Å². The average Bonchev–Trinajstić information content (AvgIpc) is 2.12. The Bertz CT molecular complexity index is 378. The van der Waals surface area contributed by atoms with E-state index >= 15 is 0 Å². The minimum atomic E-state index is -0.734. The molecule has 0 aromatic heterocycles. The molecular weight excluding hydrogens is 173 g/mol. The van der Waals surface area contributed by atoms with Crippen LogP contribution >= 0.6 is 0 Å². The molecule has 0 aliphatic heterocycles. The topological polar surface area (TPSA) is 53.2 Å². The molecule has 4 heteroatoms. The molecule has 13 heavy (non-hydrogen) atoms. The fourth-order valence-electron chi connectivity index (χ4n) is 1.02. The maximum Gasteiger partial charge on any atom is 0.196 e. The molecule has 0 atom stereocenters. The van der Waals surface area contributed by atoms with Crippen molar-refractivity contribution >= 4 is 0 Å². The van der Waals surface area contributed by atoms with Crippen LogP contribution in [-0.4, -0.2) is 12.2 Å². The minimum absolute atomic E-state index is 0.107. The molecule has 3 nitrogen and oxygen atoms in total. The Morgan fingerprint density at radius 3 is 2.69 bits per heavy atom. The first-order valence-electron chi connectivity index (χ1n) is 3.58. The lowest BCUT2D eigenvalue weighted by molar-refractivity contribution is 0.349. The van der Waals surface area contributed by atoms with E-state index in [1.54, 1.807) is 6.07 Å². The molecule has 0 aliphatic carbocycles. The quantitative estimate of drug-likeness (QED) is 0.717. The summed E-state index contributed by atoms with van der Waals surface area (Å²) >= 11 is 0. The first-order valence-corrected chi connectivity index (χ1v) is 3.58. The summed E-state index contributed by atoms with van der Waals surface area (Å²) in [6, 6.07) is 2.81. The molecule has 0 radical (unpaired) electrons. The molecule has 0 saturated heterocycles. The summed E-state index contributed by atoms with van der Waals surface area (Å²) in [5.74, 6) is -1.28. The van der Waals surface area contributed by atoms with Gasteiger partial charge in [0.15, 0.2) is 17.3 Å². The normalized spacial score (nSPS) is 9.38. The van der Waals surface area contributed by atoms with Gasteiger partial charge in [0.25, 0.3) is 0 Å². The predicted octanol–water partition coefficient (Wildman–Crippen LogP) is 1.72. The molecule has 68 valence electrons. The summed E-state index contributed by atoms with van der Waals surface area (Å²) in [6.07, 6.45) is 0. The van der Waals surface area contributed by atoms with Gasteiger partial charge in [-0.25, -0.2) is 4.39 Å². The van der Waals surface area contributed by atoms with E-state index in [0.29, 0.717) is 5.56 Å². The molecule has 0 bridgehead atoms. The van der Waals surface area contributed by atoms with E-state index in [1.807, 2.05) is 0 Å². The first-order chi connectivity index (χ1) is 6.11. The van der Waals surface area contributed by atoms with Crippen LogP contribution in [0, 0.1) is 24.1 Å². The van der Waals surface area contributed by atoms with E-state index < -0.39 is 5.82 Å². The first kappa shape index (κ1) is 9.33. The van der Waals surface area contributed by atoms with Crippen LogP contribution in [0.5, 0.6) is 11.5 Å². The Balaban J connectivity index is 3.48. The van der Waals surface area contributed by atoms with Crippen molar-refractivity contribution in [3.8, 4) is 17.6 Å². The van der Waals surface area contributed by atoms with Gasteiger partial charge in [0.1, 0.15) is 0 Å². The molecule has 1 aromatic rings. The van der Waals surface area contributed by atoms with Gasteiger partial charge in [-0.1, -0.05) is 0 Å². The Hall–Kier alpha value is -1.76. The number of ether oxygens (including phenoxy) is 1. The van der Waals surface area contributed by atoms with Gasteiger partial charge in [-0.3, -0.25) is 0 Å².